The van der Waals surface area contributed by atoms with Gasteiger partial charge in [0, 0.05) is 17.3 Å². The Bertz CT molecular complexity index is 638. The Morgan fingerprint density at radius 2 is 1.79 bits per heavy atom. The van der Waals surface area contributed by atoms with Crippen LogP contribution in [0.25, 0.3) is 0 Å². The predicted octanol–water partition coefficient (Wildman–Crippen LogP) is 3.83. The molecule has 0 radical (unpaired) electrons. The lowest BCUT2D eigenvalue weighted by molar-refractivity contribution is 0.102. The molecule has 19 heavy (non-hydrogen) atoms. The number of halogens is 2. The van der Waals surface area contributed by atoms with Crippen molar-refractivity contribution in [2.75, 3.05) is 5.32 Å². The van der Waals surface area contributed by atoms with Crippen molar-refractivity contribution < 1.29 is 13.6 Å². The summed E-state index contributed by atoms with van der Waals surface area (Å²) in [6, 6.07) is 8.64. The fourth-order valence-corrected chi connectivity index (χ4v) is 1.77. The number of benzene rings is 2. The number of carbonyl (C=O) groups is 1. The van der Waals surface area contributed by atoms with Gasteiger partial charge in [0.25, 0.3) is 5.91 Å². The Morgan fingerprint density at radius 3 is 2.47 bits per heavy atom. The highest BCUT2D eigenvalue weighted by molar-refractivity contribution is 6.05. The van der Waals surface area contributed by atoms with Crippen molar-refractivity contribution in [1.82, 2.24) is 0 Å². The van der Waals surface area contributed by atoms with Crippen molar-refractivity contribution in [2.24, 2.45) is 0 Å². The van der Waals surface area contributed by atoms with Gasteiger partial charge in [-0.1, -0.05) is 12.1 Å². The molecule has 2 aromatic rings. The molecule has 0 saturated heterocycles. The number of anilines is 1. The number of hydrogen-bond acceptors (Lipinski definition) is 1. The molecule has 1 N–H and O–H groups in total. The predicted molar refractivity (Wildman–Crippen MR) is 70.2 cm³/mol. The van der Waals surface area contributed by atoms with Crippen LogP contribution in [0.4, 0.5) is 14.5 Å². The average Bonchev–Trinajstić information content (AvgIpc) is 2.37. The number of rotatable bonds is 2. The van der Waals surface area contributed by atoms with Gasteiger partial charge in [0.2, 0.25) is 0 Å². The van der Waals surface area contributed by atoms with Gasteiger partial charge in [-0.05, 0) is 43.2 Å². The smallest absolute Gasteiger partial charge is 0.255 e. The van der Waals surface area contributed by atoms with Crippen LogP contribution in [-0.4, -0.2) is 5.91 Å². The fraction of sp³-hybridized carbons (Fsp3) is 0.133. The average molecular weight is 261 g/mol. The molecule has 0 aliphatic rings. The van der Waals surface area contributed by atoms with Gasteiger partial charge in [-0.2, -0.15) is 0 Å². The molecule has 0 fully saturated rings. The number of carbonyl (C=O) groups excluding carboxylic acids is 1. The Balaban J connectivity index is 2.26. The van der Waals surface area contributed by atoms with Gasteiger partial charge in [-0.3, -0.25) is 4.79 Å². The topological polar surface area (TPSA) is 29.1 Å². The second kappa shape index (κ2) is 5.18. The normalized spacial score (nSPS) is 10.3. The minimum atomic E-state index is -0.987. The molecular formula is C15H13F2NO. The number of nitrogens with one attached hydrogen (secondary N) is 1. The maximum Gasteiger partial charge on any atom is 0.255 e. The van der Waals surface area contributed by atoms with Crippen molar-refractivity contribution in [3.05, 3.63) is 64.7 Å². The molecule has 0 heterocycles. The van der Waals surface area contributed by atoms with E-state index in [4.69, 9.17) is 0 Å². The van der Waals surface area contributed by atoms with E-state index in [1.54, 1.807) is 12.1 Å². The van der Waals surface area contributed by atoms with Gasteiger partial charge in [-0.15, -0.1) is 0 Å². The zero-order chi connectivity index (χ0) is 14.0. The summed E-state index contributed by atoms with van der Waals surface area (Å²) in [5.74, 6) is -2.27. The Labute approximate surface area is 110 Å². The second-order valence-corrected chi connectivity index (χ2v) is 4.33. The first-order chi connectivity index (χ1) is 8.99. The van der Waals surface area contributed by atoms with Gasteiger partial charge in [0.15, 0.2) is 11.6 Å². The Kier molecular flexibility index (Phi) is 3.60. The van der Waals surface area contributed by atoms with E-state index in [0.717, 1.165) is 23.3 Å². The van der Waals surface area contributed by atoms with Crippen LogP contribution in [0.15, 0.2) is 36.4 Å². The third-order valence-electron chi connectivity index (χ3n) is 3.03. The monoisotopic (exact) mass is 261 g/mol. The summed E-state index contributed by atoms with van der Waals surface area (Å²) < 4.78 is 25.8. The summed E-state index contributed by atoms with van der Waals surface area (Å²) in [5, 5.41) is 2.55. The minimum Gasteiger partial charge on any atom is -0.322 e. The minimum absolute atomic E-state index is 0.227. The third-order valence-corrected chi connectivity index (χ3v) is 3.03. The molecule has 0 atom stereocenters. The third kappa shape index (κ3) is 2.78. The molecule has 0 aliphatic heterocycles. The largest absolute Gasteiger partial charge is 0.322 e. The van der Waals surface area contributed by atoms with E-state index in [2.05, 4.69) is 5.32 Å². The summed E-state index contributed by atoms with van der Waals surface area (Å²) in [6.45, 7) is 3.75. The summed E-state index contributed by atoms with van der Waals surface area (Å²) in [5.41, 5.74) is 2.61. The molecule has 4 heteroatoms. The van der Waals surface area contributed by atoms with Crippen LogP contribution in [0, 0.1) is 25.5 Å². The molecule has 1 amide bonds. The highest BCUT2D eigenvalue weighted by atomic mass is 19.2. The lowest BCUT2D eigenvalue weighted by atomic mass is 10.0. The van der Waals surface area contributed by atoms with E-state index >= 15 is 0 Å². The van der Waals surface area contributed by atoms with Crippen LogP contribution in [-0.2, 0) is 0 Å². The maximum atomic E-state index is 13.0. The van der Waals surface area contributed by atoms with Crippen LogP contribution in [0.5, 0.6) is 0 Å². The molecule has 2 rings (SSSR count). The molecule has 0 unspecified atom stereocenters. The van der Waals surface area contributed by atoms with E-state index in [1.807, 2.05) is 19.9 Å². The lowest BCUT2D eigenvalue weighted by Gasteiger charge is -2.09. The Hall–Kier alpha value is -2.23. The molecule has 98 valence electrons. The molecule has 0 saturated carbocycles. The van der Waals surface area contributed by atoms with E-state index in [1.165, 1.54) is 6.07 Å². The first-order valence-corrected chi connectivity index (χ1v) is 5.81. The Morgan fingerprint density at radius 1 is 1.05 bits per heavy atom. The van der Waals surface area contributed by atoms with Crippen molar-refractivity contribution in [1.29, 1.82) is 0 Å². The van der Waals surface area contributed by atoms with Gasteiger partial charge in [0.05, 0.1) is 0 Å². The molecule has 0 aliphatic carbocycles. The highest BCUT2D eigenvalue weighted by Crippen LogP contribution is 2.17. The van der Waals surface area contributed by atoms with E-state index in [0.29, 0.717) is 5.56 Å². The van der Waals surface area contributed by atoms with Crippen molar-refractivity contribution in [3.8, 4) is 0 Å². The van der Waals surface area contributed by atoms with Gasteiger partial charge < -0.3 is 5.32 Å². The summed E-state index contributed by atoms with van der Waals surface area (Å²) in [4.78, 5) is 12.1. The van der Waals surface area contributed by atoms with Crippen molar-refractivity contribution in [2.45, 2.75) is 13.8 Å². The molecular weight excluding hydrogens is 248 g/mol. The van der Waals surface area contributed by atoms with E-state index in [9.17, 15) is 13.6 Å². The van der Waals surface area contributed by atoms with Crippen molar-refractivity contribution >= 4 is 11.6 Å². The van der Waals surface area contributed by atoms with Crippen LogP contribution in [0.1, 0.15) is 21.5 Å². The maximum absolute atomic E-state index is 13.0. The standard InChI is InChI=1S/C15H13F2NO/c1-9-4-3-5-12(10(9)2)15(19)18-11-6-7-13(16)14(17)8-11/h3-8H,1-2H3,(H,18,19). The van der Waals surface area contributed by atoms with Crippen LogP contribution >= 0.6 is 0 Å². The second-order valence-electron chi connectivity index (χ2n) is 4.33. The number of aryl methyl sites for hydroxylation is 1. The lowest BCUT2D eigenvalue weighted by Crippen LogP contribution is -2.14. The fourth-order valence-electron chi connectivity index (χ4n) is 1.77. The number of hydrogen-bond donors (Lipinski definition) is 1. The quantitative estimate of drug-likeness (QED) is 0.874. The van der Waals surface area contributed by atoms with Gasteiger partial charge >= 0.3 is 0 Å². The summed E-state index contributed by atoms with van der Waals surface area (Å²) >= 11 is 0. The zero-order valence-electron chi connectivity index (χ0n) is 10.6. The molecule has 0 spiro atoms. The molecule has 0 bridgehead atoms. The van der Waals surface area contributed by atoms with Crippen LogP contribution < -0.4 is 5.32 Å². The SMILES string of the molecule is Cc1cccc(C(=O)Nc2ccc(F)c(F)c2)c1C. The molecule has 2 aromatic carbocycles. The van der Waals surface area contributed by atoms with Crippen molar-refractivity contribution in [3.63, 3.8) is 0 Å². The molecule has 2 nitrogen and oxygen atoms in total. The summed E-state index contributed by atoms with van der Waals surface area (Å²) in [6.07, 6.45) is 0. The summed E-state index contributed by atoms with van der Waals surface area (Å²) in [7, 11) is 0. The highest BCUT2D eigenvalue weighted by Gasteiger charge is 2.11. The first kappa shape index (κ1) is 13.2. The van der Waals surface area contributed by atoms with E-state index < -0.39 is 11.6 Å². The van der Waals surface area contributed by atoms with Crippen LogP contribution in [0.3, 0.4) is 0 Å². The van der Waals surface area contributed by atoms with Crippen LogP contribution in [0.2, 0.25) is 0 Å². The van der Waals surface area contributed by atoms with E-state index in [-0.39, 0.29) is 11.6 Å². The zero-order valence-corrected chi connectivity index (χ0v) is 10.6. The van der Waals surface area contributed by atoms with Gasteiger partial charge in [-0.25, -0.2) is 8.78 Å². The number of amides is 1. The first-order valence-electron chi connectivity index (χ1n) is 5.81. The molecule has 0 aromatic heterocycles. The van der Waals surface area contributed by atoms with Gasteiger partial charge in [0.1, 0.15) is 0 Å².